The van der Waals surface area contributed by atoms with Gasteiger partial charge in [-0.2, -0.15) is 0 Å². The van der Waals surface area contributed by atoms with Crippen LogP contribution >= 0.6 is 0 Å². The number of piperidine rings is 1. The average Bonchev–Trinajstić information content (AvgIpc) is 2.38. The quantitative estimate of drug-likeness (QED) is 0.636. The van der Waals surface area contributed by atoms with Crippen LogP contribution in [0.4, 0.5) is 5.69 Å². The molecule has 0 spiro atoms. The number of sulfonamides is 1. The minimum Gasteiger partial charge on any atom is -0.315 e. The first-order valence-corrected chi connectivity index (χ1v) is 7.87. The highest BCUT2D eigenvalue weighted by Crippen LogP contribution is 2.27. The Balaban J connectivity index is 2.36. The average molecular weight is 299 g/mol. The van der Waals surface area contributed by atoms with E-state index in [0.717, 1.165) is 19.4 Å². The van der Waals surface area contributed by atoms with E-state index < -0.39 is 14.9 Å². The number of nitrogens with one attached hydrogen (secondary N) is 2. The van der Waals surface area contributed by atoms with Crippen LogP contribution in [0.25, 0.3) is 0 Å². The van der Waals surface area contributed by atoms with Gasteiger partial charge in [-0.25, -0.2) is 13.1 Å². The number of rotatable bonds is 4. The summed E-state index contributed by atoms with van der Waals surface area (Å²) in [6.45, 7) is 2.96. The van der Waals surface area contributed by atoms with Gasteiger partial charge in [0.2, 0.25) is 10.0 Å². The van der Waals surface area contributed by atoms with Crippen molar-refractivity contribution in [1.82, 2.24) is 10.0 Å². The maximum atomic E-state index is 12.4. The van der Waals surface area contributed by atoms with Gasteiger partial charge in [0.1, 0.15) is 0 Å². The zero-order chi connectivity index (χ0) is 14.8. The summed E-state index contributed by atoms with van der Waals surface area (Å²) in [5.74, 6) is 0. The number of nitro groups is 1. The first kappa shape index (κ1) is 14.9. The fourth-order valence-electron chi connectivity index (χ4n) is 2.36. The lowest BCUT2D eigenvalue weighted by Gasteiger charge is -2.23. The third-order valence-electron chi connectivity index (χ3n) is 3.28. The summed E-state index contributed by atoms with van der Waals surface area (Å²) in [4.78, 5) is 10.1. The molecule has 2 N–H and O–H groups in total. The molecule has 8 heteroatoms. The van der Waals surface area contributed by atoms with Crippen molar-refractivity contribution in [3.8, 4) is 0 Å². The Kier molecular flexibility index (Phi) is 4.36. The van der Waals surface area contributed by atoms with Crippen LogP contribution in [0.5, 0.6) is 0 Å². The Hall–Kier alpha value is -1.51. The molecule has 1 fully saturated rings. The first-order chi connectivity index (χ1) is 9.42. The Labute approximate surface area is 117 Å². The van der Waals surface area contributed by atoms with Crippen LogP contribution in [0.2, 0.25) is 0 Å². The second-order valence-corrected chi connectivity index (χ2v) is 6.50. The number of benzene rings is 1. The first-order valence-electron chi connectivity index (χ1n) is 6.39. The van der Waals surface area contributed by atoms with Crippen LogP contribution < -0.4 is 10.0 Å². The summed E-state index contributed by atoms with van der Waals surface area (Å²) in [7, 11) is -3.90. The van der Waals surface area contributed by atoms with Crippen molar-refractivity contribution >= 4 is 15.7 Å². The van der Waals surface area contributed by atoms with E-state index >= 15 is 0 Å². The number of hydrogen-bond donors (Lipinski definition) is 2. The van der Waals surface area contributed by atoms with E-state index in [2.05, 4.69) is 10.0 Å². The molecule has 2 rings (SSSR count). The molecule has 1 aliphatic heterocycles. The zero-order valence-corrected chi connectivity index (χ0v) is 11.9. The van der Waals surface area contributed by atoms with Crippen molar-refractivity contribution in [2.75, 3.05) is 13.1 Å². The van der Waals surface area contributed by atoms with Crippen LogP contribution in [-0.2, 0) is 10.0 Å². The molecule has 0 saturated carbocycles. The van der Waals surface area contributed by atoms with Gasteiger partial charge in [0.05, 0.1) is 4.92 Å². The largest absolute Gasteiger partial charge is 0.315 e. The van der Waals surface area contributed by atoms with Crippen molar-refractivity contribution in [3.05, 3.63) is 33.9 Å². The lowest BCUT2D eigenvalue weighted by molar-refractivity contribution is -0.387. The predicted octanol–water partition coefficient (Wildman–Crippen LogP) is 0.934. The number of nitrogens with zero attached hydrogens (tertiary/aromatic N) is 1. The van der Waals surface area contributed by atoms with Crippen LogP contribution in [0, 0.1) is 17.0 Å². The number of nitro benzene ring substituents is 1. The fourth-order valence-corrected chi connectivity index (χ4v) is 4.03. The molecule has 20 heavy (non-hydrogen) atoms. The maximum absolute atomic E-state index is 12.4. The Morgan fingerprint density at radius 1 is 1.45 bits per heavy atom. The van der Waals surface area contributed by atoms with Crippen molar-refractivity contribution in [2.24, 2.45) is 0 Å². The Morgan fingerprint density at radius 3 is 2.80 bits per heavy atom. The van der Waals surface area contributed by atoms with Crippen LogP contribution in [0.15, 0.2) is 23.1 Å². The minimum absolute atomic E-state index is 0.229. The summed E-state index contributed by atoms with van der Waals surface area (Å²) >= 11 is 0. The molecule has 1 aromatic rings. The highest BCUT2D eigenvalue weighted by Gasteiger charge is 2.30. The molecular weight excluding hydrogens is 282 g/mol. The van der Waals surface area contributed by atoms with Gasteiger partial charge in [-0.3, -0.25) is 10.1 Å². The van der Waals surface area contributed by atoms with Crippen molar-refractivity contribution in [3.63, 3.8) is 0 Å². The van der Waals surface area contributed by atoms with Crippen LogP contribution in [-0.4, -0.2) is 32.5 Å². The summed E-state index contributed by atoms with van der Waals surface area (Å²) < 4.78 is 27.4. The van der Waals surface area contributed by atoms with Gasteiger partial charge in [0.15, 0.2) is 4.90 Å². The standard InChI is InChI=1S/C12H17N3O4S/c1-9-4-2-6-11(15(16)17)12(9)20(18,19)14-10-5-3-7-13-8-10/h2,4,6,10,13-14H,3,5,7-8H2,1H3/t10-/m1/s1. The Morgan fingerprint density at radius 2 is 2.20 bits per heavy atom. The van der Waals surface area contributed by atoms with Gasteiger partial charge in [0, 0.05) is 18.7 Å². The highest BCUT2D eigenvalue weighted by atomic mass is 32.2. The molecule has 110 valence electrons. The molecule has 1 aromatic carbocycles. The molecule has 0 radical (unpaired) electrons. The molecule has 0 bridgehead atoms. The van der Waals surface area contributed by atoms with Crippen LogP contribution in [0.3, 0.4) is 0 Å². The highest BCUT2D eigenvalue weighted by molar-refractivity contribution is 7.89. The smallest absolute Gasteiger partial charge is 0.289 e. The monoisotopic (exact) mass is 299 g/mol. The number of hydrogen-bond acceptors (Lipinski definition) is 5. The molecule has 1 aliphatic rings. The normalized spacial score (nSPS) is 19.8. The Bertz CT molecular complexity index is 609. The van der Waals surface area contributed by atoms with Gasteiger partial charge in [-0.15, -0.1) is 0 Å². The van der Waals surface area contributed by atoms with E-state index in [1.807, 2.05) is 0 Å². The van der Waals surface area contributed by atoms with E-state index in [9.17, 15) is 18.5 Å². The number of aryl methyl sites for hydroxylation is 1. The van der Waals surface area contributed by atoms with Crippen molar-refractivity contribution < 1.29 is 13.3 Å². The van der Waals surface area contributed by atoms with Gasteiger partial charge >= 0.3 is 0 Å². The third-order valence-corrected chi connectivity index (χ3v) is 4.99. The molecule has 1 atom stereocenters. The maximum Gasteiger partial charge on any atom is 0.289 e. The summed E-state index contributed by atoms with van der Waals surface area (Å²) in [5.41, 5.74) is -0.0169. The molecule has 1 heterocycles. The van der Waals surface area contributed by atoms with Crippen LogP contribution in [0.1, 0.15) is 18.4 Å². The molecule has 1 saturated heterocycles. The fraction of sp³-hybridized carbons (Fsp3) is 0.500. The predicted molar refractivity (Wildman–Crippen MR) is 74.0 cm³/mol. The second kappa shape index (κ2) is 5.86. The van der Waals surface area contributed by atoms with Gasteiger partial charge in [0.25, 0.3) is 5.69 Å². The molecule has 0 aromatic heterocycles. The summed E-state index contributed by atoms with van der Waals surface area (Å²) in [6.07, 6.45) is 1.61. The van der Waals surface area contributed by atoms with Gasteiger partial charge in [-0.1, -0.05) is 12.1 Å². The van der Waals surface area contributed by atoms with Crippen molar-refractivity contribution in [1.29, 1.82) is 0 Å². The minimum atomic E-state index is -3.90. The van der Waals surface area contributed by atoms with Crippen molar-refractivity contribution in [2.45, 2.75) is 30.7 Å². The molecule has 7 nitrogen and oxygen atoms in total. The van der Waals surface area contributed by atoms with E-state index in [4.69, 9.17) is 0 Å². The molecule has 0 unspecified atom stereocenters. The van der Waals surface area contributed by atoms with E-state index in [1.165, 1.54) is 12.1 Å². The SMILES string of the molecule is Cc1cccc([N+](=O)[O-])c1S(=O)(=O)N[C@@H]1CCCNC1. The lowest BCUT2D eigenvalue weighted by atomic mass is 10.1. The molecular formula is C12H17N3O4S. The summed E-state index contributed by atoms with van der Waals surface area (Å²) in [5, 5.41) is 14.1. The zero-order valence-electron chi connectivity index (χ0n) is 11.1. The van der Waals surface area contributed by atoms with Gasteiger partial charge < -0.3 is 5.32 Å². The second-order valence-electron chi connectivity index (χ2n) is 4.84. The van der Waals surface area contributed by atoms with E-state index in [1.54, 1.807) is 13.0 Å². The topological polar surface area (TPSA) is 101 Å². The van der Waals surface area contributed by atoms with E-state index in [0.29, 0.717) is 12.1 Å². The third kappa shape index (κ3) is 3.14. The van der Waals surface area contributed by atoms with Gasteiger partial charge in [-0.05, 0) is 31.9 Å². The lowest BCUT2D eigenvalue weighted by Crippen LogP contribution is -2.45. The molecule has 0 aliphatic carbocycles. The summed E-state index contributed by atoms with van der Waals surface area (Å²) in [6, 6.07) is 4.02. The van der Waals surface area contributed by atoms with E-state index in [-0.39, 0.29) is 16.6 Å². The molecule has 0 amide bonds.